The molecule has 7 aromatic carbocycles. The third-order valence-corrected chi connectivity index (χ3v) is 17.1. The predicted molar refractivity (Wildman–Crippen MR) is 366 cm³/mol. The molecule has 0 radical (unpaired) electrons. The number of halogens is 5. The zero-order chi connectivity index (χ0) is 72.6. The SMILES string of the molecule is C=C(C)C(=O)OC(C)(CCC)c1ccc(OC2CC(=O)c3cc4ccccc4cc3O2)cc1.C=C(C)C(=O)OC(C)(CCC)c1ccc(OC2CCCC(COC(=O)c3c(F)c(F)c(F)c(F)c3F)O2)cc1.C=C(C)C(=O)OC(C)(CCC)c1ccc(OC2CCc3ccccc3O2)cc1. The summed E-state index contributed by atoms with van der Waals surface area (Å²) in [6, 6.07) is 41.7. The standard InChI is InChI=1S/C28H29F5O6.C28H28O5.C24H28O4/c1-5-13-28(4,39-26(34)15(2)3)16-9-11-17(12-10-16)37-19-8-6-7-18(38-19)14-36-27(35)20-21(29)23(31)25(33)24(32)22(20)30;1-5-14-28(4,33-27(30)18(2)3)21-10-12-22(13-11-21)31-26-17-24(29)23-15-19-8-6-7-9-20(19)16-25(23)32-26;1-5-16-24(4,28-23(25)17(2)3)19-11-13-20(14-12-19)26-22-15-10-18-8-6-7-9-21(18)27-22/h9-12,18-19H,2,5-8,13-14H2,1,3-4H3;6-13,15-16,26H,2,5,14,17H2,1,3-4H3;6-9,11-14,22H,2,5,10,15-16H2,1,3-4H3. The van der Waals surface area contributed by atoms with Gasteiger partial charge in [-0.05, 0) is 168 Å². The van der Waals surface area contributed by atoms with E-state index in [0.29, 0.717) is 71.6 Å². The molecule has 1 saturated heterocycles. The van der Waals surface area contributed by atoms with Crippen molar-refractivity contribution in [2.24, 2.45) is 0 Å². The van der Waals surface area contributed by atoms with Crippen LogP contribution in [0.5, 0.6) is 28.7 Å². The van der Waals surface area contributed by atoms with E-state index in [4.69, 9.17) is 47.4 Å². The minimum Gasteiger partial charge on any atom is -0.465 e. The van der Waals surface area contributed by atoms with E-state index in [1.165, 1.54) is 5.56 Å². The van der Waals surface area contributed by atoms with Crippen molar-refractivity contribution in [1.29, 1.82) is 0 Å². The van der Waals surface area contributed by atoms with E-state index in [9.17, 15) is 45.9 Å². The minimum absolute atomic E-state index is 0.00847. The van der Waals surface area contributed by atoms with Gasteiger partial charge in [0.1, 0.15) is 57.7 Å². The third-order valence-electron chi connectivity index (χ3n) is 17.1. The summed E-state index contributed by atoms with van der Waals surface area (Å²) in [6.45, 7) is 27.1. The van der Waals surface area contributed by atoms with Crippen molar-refractivity contribution in [2.75, 3.05) is 6.61 Å². The normalized spacial score (nSPS) is 17.8. The summed E-state index contributed by atoms with van der Waals surface area (Å²) in [5.74, 6) is -11.2. The van der Waals surface area contributed by atoms with E-state index in [0.717, 1.165) is 77.5 Å². The molecule has 0 bridgehead atoms. The Morgan fingerprint density at radius 2 is 0.910 bits per heavy atom. The number of benzene rings is 7. The predicted octanol–water partition coefficient (Wildman–Crippen LogP) is 18.5. The number of hydrogen-bond donors (Lipinski definition) is 0. The molecule has 7 atom stereocenters. The zero-order valence-corrected chi connectivity index (χ0v) is 57.8. The molecule has 20 heteroatoms. The molecule has 7 unspecified atom stereocenters. The Balaban J connectivity index is 0.000000193. The van der Waals surface area contributed by atoms with Crippen molar-refractivity contribution in [3.8, 4) is 28.7 Å². The Morgan fingerprint density at radius 1 is 0.500 bits per heavy atom. The first-order chi connectivity index (χ1) is 47.6. The van der Waals surface area contributed by atoms with Crippen LogP contribution in [0.2, 0.25) is 0 Å². The quantitative estimate of drug-likeness (QED) is 0.0139. The lowest BCUT2D eigenvalue weighted by molar-refractivity contribution is -0.158. The lowest BCUT2D eigenvalue weighted by Crippen LogP contribution is -2.35. The van der Waals surface area contributed by atoms with Gasteiger partial charge < -0.3 is 47.4 Å². The molecule has 0 amide bonds. The first kappa shape index (κ1) is 75.9. The second-order valence-electron chi connectivity index (χ2n) is 25.6. The Bertz CT molecular complexity index is 4090. The van der Waals surface area contributed by atoms with Crippen LogP contribution in [0, 0.1) is 29.1 Å². The molecule has 0 saturated carbocycles. The molecule has 0 aromatic heterocycles. The van der Waals surface area contributed by atoms with Crippen LogP contribution in [-0.2, 0) is 61.3 Å². The summed E-state index contributed by atoms with van der Waals surface area (Å²) < 4.78 is 125. The third kappa shape index (κ3) is 19.1. The molecular weight excluding hydrogens is 1300 g/mol. The van der Waals surface area contributed by atoms with Crippen LogP contribution < -0.4 is 23.7 Å². The van der Waals surface area contributed by atoms with Gasteiger partial charge in [-0.15, -0.1) is 0 Å². The Morgan fingerprint density at radius 3 is 1.37 bits per heavy atom. The van der Waals surface area contributed by atoms with Crippen molar-refractivity contribution in [3.63, 3.8) is 0 Å². The molecule has 3 aliphatic rings. The van der Waals surface area contributed by atoms with Gasteiger partial charge in [0.05, 0.1) is 18.1 Å². The number of ether oxygens (including phenoxy) is 10. The average molecular weight is 1380 g/mol. The van der Waals surface area contributed by atoms with Crippen molar-refractivity contribution in [3.05, 3.63) is 232 Å². The fourth-order valence-corrected chi connectivity index (χ4v) is 11.7. The second kappa shape index (κ2) is 33.8. The van der Waals surface area contributed by atoms with Crippen LogP contribution in [0.3, 0.4) is 0 Å². The summed E-state index contributed by atoms with van der Waals surface area (Å²) in [5, 5.41) is 2.01. The number of esters is 4. The summed E-state index contributed by atoms with van der Waals surface area (Å²) >= 11 is 0. The van der Waals surface area contributed by atoms with Gasteiger partial charge in [-0.25, -0.2) is 41.1 Å². The van der Waals surface area contributed by atoms with Gasteiger partial charge in [-0.2, -0.15) is 0 Å². The summed E-state index contributed by atoms with van der Waals surface area (Å²) in [6.07, 6.45) is 5.40. The lowest BCUT2D eigenvalue weighted by Gasteiger charge is -2.31. The Kier molecular flexibility index (Phi) is 25.7. The van der Waals surface area contributed by atoms with Crippen molar-refractivity contribution in [1.82, 2.24) is 0 Å². The Labute approximate surface area is 580 Å². The average Bonchev–Trinajstić information content (AvgIpc) is 0.948. The van der Waals surface area contributed by atoms with Crippen LogP contribution in [0.15, 0.2) is 170 Å². The molecule has 0 N–H and O–H groups in total. The zero-order valence-electron chi connectivity index (χ0n) is 57.8. The molecule has 15 nitrogen and oxygen atoms in total. The maximum Gasteiger partial charge on any atom is 0.344 e. The second-order valence-corrected chi connectivity index (χ2v) is 25.6. The number of carbonyl (C=O) groups excluding carboxylic acids is 5. The number of para-hydroxylation sites is 1. The van der Waals surface area contributed by atoms with Gasteiger partial charge >= 0.3 is 23.9 Å². The molecule has 0 spiro atoms. The number of Topliss-reactive ketones (excluding diaryl/α,β-unsaturated/α-hetero) is 1. The van der Waals surface area contributed by atoms with E-state index >= 15 is 0 Å². The molecular formula is C80H85F5O15. The van der Waals surface area contributed by atoms with E-state index in [1.54, 1.807) is 45.0 Å². The molecule has 3 heterocycles. The van der Waals surface area contributed by atoms with Crippen LogP contribution in [0.1, 0.15) is 176 Å². The molecule has 10 rings (SSSR count). The van der Waals surface area contributed by atoms with Crippen LogP contribution >= 0.6 is 0 Å². The highest BCUT2D eigenvalue weighted by Crippen LogP contribution is 2.39. The fraction of sp³-hybridized carbons (Fsp3) is 0.362. The van der Waals surface area contributed by atoms with Gasteiger partial charge in [0.2, 0.25) is 18.4 Å². The molecule has 0 aliphatic carbocycles. The van der Waals surface area contributed by atoms with Gasteiger partial charge in [0, 0.05) is 29.6 Å². The largest absolute Gasteiger partial charge is 0.465 e. The maximum atomic E-state index is 13.9. The minimum atomic E-state index is -2.37. The summed E-state index contributed by atoms with van der Waals surface area (Å²) in [5.41, 5.74) is 1.42. The number of aryl methyl sites for hydroxylation is 1. The number of carbonyl (C=O) groups is 5. The van der Waals surface area contributed by atoms with Gasteiger partial charge in [0.25, 0.3) is 0 Å². The monoisotopic (exact) mass is 1380 g/mol. The number of rotatable bonds is 24. The van der Waals surface area contributed by atoms with E-state index in [-0.39, 0.29) is 24.5 Å². The summed E-state index contributed by atoms with van der Waals surface area (Å²) in [4.78, 5) is 61.2. The van der Waals surface area contributed by atoms with Crippen molar-refractivity contribution in [2.45, 2.75) is 181 Å². The fourth-order valence-electron chi connectivity index (χ4n) is 11.7. The van der Waals surface area contributed by atoms with E-state index in [1.807, 2.05) is 138 Å². The highest BCUT2D eigenvalue weighted by Gasteiger charge is 2.37. The first-order valence-electron chi connectivity index (χ1n) is 33.4. The molecule has 100 heavy (non-hydrogen) atoms. The first-order valence-corrected chi connectivity index (χ1v) is 33.4. The number of fused-ring (bicyclic) bond motifs is 3. The van der Waals surface area contributed by atoms with Gasteiger partial charge in [-0.3, -0.25) is 4.79 Å². The van der Waals surface area contributed by atoms with Crippen molar-refractivity contribution >= 4 is 40.4 Å². The Hall–Kier alpha value is -9.82. The molecule has 7 aromatic rings. The van der Waals surface area contributed by atoms with E-state index < -0.39 is 94.7 Å². The highest BCUT2D eigenvalue weighted by atomic mass is 19.2. The highest BCUT2D eigenvalue weighted by molar-refractivity contribution is 6.04. The van der Waals surface area contributed by atoms with Crippen LogP contribution in [0.25, 0.3) is 10.8 Å². The van der Waals surface area contributed by atoms with E-state index in [2.05, 4.69) is 32.7 Å². The van der Waals surface area contributed by atoms with Gasteiger partial charge in [0.15, 0.2) is 35.3 Å². The lowest BCUT2D eigenvalue weighted by atomic mass is 9.91. The molecule has 530 valence electrons. The smallest absolute Gasteiger partial charge is 0.344 e. The number of ketones is 1. The molecule has 3 aliphatic heterocycles. The maximum absolute atomic E-state index is 13.9. The summed E-state index contributed by atoms with van der Waals surface area (Å²) in [7, 11) is 0. The number of hydrogen-bond acceptors (Lipinski definition) is 15. The molecule has 1 fully saturated rings. The topological polar surface area (TPSA) is 178 Å². The van der Waals surface area contributed by atoms with Crippen LogP contribution in [-0.4, -0.2) is 61.2 Å². The van der Waals surface area contributed by atoms with Crippen molar-refractivity contribution < 1.29 is 93.3 Å². The van der Waals surface area contributed by atoms with Crippen LogP contribution in [0.4, 0.5) is 22.0 Å². The van der Waals surface area contributed by atoms with Gasteiger partial charge in [-0.1, -0.05) is 139 Å².